The van der Waals surface area contributed by atoms with Crippen molar-refractivity contribution in [2.45, 2.75) is 11.0 Å². The Morgan fingerprint density at radius 1 is 1.19 bits per heavy atom. The second-order valence-electron chi connectivity index (χ2n) is 5.89. The highest BCUT2D eigenvalue weighted by Gasteiger charge is 2.52. The maximum atomic E-state index is 13.9. The molecule has 0 bridgehead atoms. The van der Waals surface area contributed by atoms with Gasteiger partial charge in [0, 0.05) is 11.6 Å². The van der Waals surface area contributed by atoms with Gasteiger partial charge in [0.1, 0.15) is 11.2 Å². The zero-order valence-corrected chi connectivity index (χ0v) is 15.2. The van der Waals surface area contributed by atoms with Crippen molar-refractivity contribution in [3.63, 3.8) is 0 Å². The highest BCUT2D eigenvalue weighted by molar-refractivity contribution is 6.31. The molecule has 138 valence electrons. The minimum atomic E-state index is -1.92. The first-order valence-electron chi connectivity index (χ1n) is 8.14. The third-order valence-corrected chi connectivity index (χ3v) is 4.78. The van der Waals surface area contributed by atoms with Crippen molar-refractivity contribution in [2.75, 3.05) is 7.11 Å². The van der Waals surface area contributed by atoms with E-state index in [9.17, 15) is 14.0 Å². The number of halogens is 2. The summed E-state index contributed by atoms with van der Waals surface area (Å²) in [5, 5.41) is -1.06. The summed E-state index contributed by atoms with van der Waals surface area (Å²) in [4.78, 5) is 24.8. The minimum absolute atomic E-state index is 0.219. The van der Waals surface area contributed by atoms with Crippen LogP contribution in [0, 0.1) is 5.82 Å². The maximum Gasteiger partial charge on any atom is 0.356 e. The van der Waals surface area contributed by atoms with Crippen LogP contribution < -0.4 is 0 Å². The van der Waals surface area contributed by atoms with Gasteiger partial charge in [-0.25, -0.2) is 14.0 Å². The van der Waals surface area contributed by atoms with Crippen LogP contribution in [0.4, 0.5) is 4.39 Å². The number of ether oxygens (including phenoxy) is 2. The van der Waals surface area contributed by atoms with Gasteiger partial charge in [0.25, 0.3) is 0 Å². The fraction of sp³-hybridized carbons (Fsp3) is 0.143. The molecule has 1 aliphatic heterocycles. The fourth-order valence-corrected chi connectivity index (χ4v) is 3.25. The van der Waals surface area contributed by atoms with Crippen molar-refractivity contribution in [3.8, 4) is 0 Å². The van der Waals surface area contributed by atoms with Crippen molar-refractivity contribution in [1.82, 2.24) is 0 Å². The lowest BCUT2D eigenvalue weighted by Gasteiger charge is -2.36. The summed E-state index contributed by atoms with van der Waals surface area (Å²) in [7, 11) is 1.17. The van der Waals surface area contributed by atoms with Gasteiger partial charge in [-0.3, -0.25) is 0 Å². The van der Waals surface area contributed by atoms with Gasteiger partial charge in [0.15, 0.2) is 0 Å². The van der Waals surface area contributed by atoms with Gasteiger partial charge < -0.3 is 9.47 Å². The molecule has 0 unspecified atom stereocenters. The Morgan fingerprint density at radius 2 is 1.85 bits per heavy atom. The number of hydrogen-bond acceptors (Lipinski definition) is 4. The minimum Gasteiger partial charge on any atom is -0.466 e. The molecule has 27 heavy (non-hydrogen) atoms. The third kappa shape index (κ3) is 3.64. The van der Waals surface area contributed by atoms with E-state index in [2.05, 4.69) is 0 Å². The molecule has 0 saturated heterocycles. The number of carbonyl (C=O) groups is 2. The SMILES string of the molecule is COC(=O)[C@]1(/C=C/c2ccccc2F)OC(=O)C=C(c2ccccc2)[C@H]1Cl. The molecule has 0 aromatic heterocycles. The highest BCUT2D eigenvalue weighted by Crippen LogP contribution is 2.39. The first-order valence-corrected chi connectivity index (χ1v) is 8.58. The number of alkyl halides is 1. The Labute approximate surface area is 160 Å². The third-order valence-electron chi connectivity index (χ3n) is 4.22. The van der Waals surface area contributed by atoms with E-state index >= 15 is 0 Å². The quantitative estimate of drug-likeness (QED) is 0.588. The van der Waals surface area contributed by atoms with E-state index in [4.69, 9.17) is 21.1 Å². The molecule has 3 rings (SSSR count). The number of methoxy groups -OCH3 is 1. The summed E-state index contributed by atoms with van der Waals surface area (Å²) in [5.41, 5.74) is -0.620. The van der Waals surface area contributed by atoms with Crippen LogP contribution in [0.2, 0.25) is 0 Å². The van der Waals surface area contributed by atoms with Gasteiger partial charge >= 0.3 is 11.9 Å². The van der Waals surface area contributed by atoms with Gasteiger partial charge in [-0.1, -0.05) is 54.6 Å². The number of cyclic esters (lactones) is 1. The average molecular weight is 387 g/mol. The van der Waals surface area contributed by atoms with E-state index in [1.165, 1.54) is 37.5 Å². The van der Waals surface area contributed by atoms with Crippen molar-refractivity contribution in [3.05, 3.63) is 83.7 Å². The smallest absolute Gasteiger partial charge is 0.356 e. The Hall–Kier alpha value is -2.92. The fourth-order valence-electron chi connectivity index (χ4n) is 2.85. The normalized spacial score (nSPS) is 22.3. The molecule has 2 aromatic rings. The van der Waals surface area contributed by atoms with Gasteiger partial charge in [-0.2, -0.15) is 0 Å². The first kappa shape index (κ1) is 18.9. The number of hydrogen-bond donors (Lipinski definition) is 0. The Kier molecular flexibility index (Phi) is 5.42. The van der Waals surface area contributed by atoms with Crippen LogP contribution in [-0.4, -0.2) is 30.0 Å². The molecule has 4 nitrogen and oxygen atoms in total. The standard InChI is InChI=1S/C21H16ClFO4/c1-26-20(25)21(12-11-15-9-5-6-10-17(15)23)19(22)16(13-18(24)27-21)14-7-3-2-4-8-14/h2-13,19H,1H3/b12-11+/t19-,21-/m1/s1. The second kappa shape index (κ2) is 7.76. The molecule has 1 heterocycles. The highest BCUT2D eigenvalue weighted by atomic mass is 35.5. The molecule has 2 atom stereocenters. The van der Waals surface area contributed by atoms with E-state index in [0.29, 0.717) is 11.1 Å². The molecule has 1 aliphatic rings. The lowest BCUT2D eigenvalue weighted by molar-refractivity contribution is -0.171. The van der Waals surface area contributed by atoms with Crippen molar-refractivity contribution >= 4 is 35.2 Å². The predicted molar refractivity (Wildman–Crippen MR) is 100 cm³/mol. The summed E-state index contributed by atoms with van der Waals surface area (Å²) >= 11 is 6.59. The first-order chi connectivity index (χ1) is 13.0. The molecule has 0 spiro atoms. The van der Waals surface area contributed by atoms with Gasteiger partial charge in [0.05, 0.1) is 7.11 Å². The Bertz CT molecular complexity index is 923. The second-order valence-corrected chi connectivity index (χ2v) is 6.33. The summed E-state index contributed by atoms with van der Waals surface area (Å²) in [6.07, 6.45) is 3.86. The molecule has 0 fully saturated rings. The molecule has 6 heteroatoms. The molecule has 2 aromatic carbocycles. The zero-order chi connectivity index (χ0) is 19.4. The topological polar surface area (TPSA) is 52.6 Å². The van der Waals surface area contributed by atoms with Gasteiger partial charge in [-0.15, -0.1) is 11.6 Å². The van der Waals surface area contributed by atoms with E-state index < -0.39 is 28.7 Å². The average Bonchev–Trinajstić information content (AvgIpc) is 2.69. The number of carbonyl (C=O) groups excluding carboxylic acids is 2. The predicted octanol–water partition coefficient (Wildman–Crippen LogP) is 4.00. The number of rotatable bonds is 4. The Balaban J connectivity index is 2.09. The molecular weight excluding hydrogens is 371 g/mol. The van der Waals surface area contributed by atoms with Crippen molar-refractivity contribution in [1.29, 1.82) is 0 Å². The molecule has 0 aliphatic carbocycles. The van der Waals surface area contributed by atoms with Crippen LogP contribution in [0.1, 0.15) is 11.1 Å². The lowest BCUT2D eigenvalue weighted by Crippen LogP contribution is -2.52. The Morgan fingerprint density at radius 3 is 2.52 bits per heavy atom. The van der Waals surface area contributed by atoms with Crippen LogP contribution in [0.25, 0.3) is 11.6 Å². The zero-order valence-electron chi connectivity index (χ0n) is 14.4. The van der Waals surface area contributed by atoms with E-state index in [1.54, 1.807) is 36.4 Å². The van der Waals surface area contributed by atoms with Crippen LogP contribution in [0.15, 0.2) is 66.7 Å². The molecular formula is C21H16ClFO4. The van der Waals surface area contributed by atoms with Gasteiger partial charge in [0.2, 0.25) is 5.60 Å². The lowest BCUT2D eigenvalue weighted by atomic mass is 9.86. The number of esters is 2. The maximum absolute atomic E-state index is 13.9. The van der Waals surface area contributed by atoms with Crippen molar-refractivity contribution < 1.29 is 23.5 Å². The van der Waals surface area contributed by atoms with Crippen LogP contribution in [0.3, 0.4) is 0 Å². The number of benzene rings is 2. The molecule has 0 N–H and O–H groups in total. The summed E-state index contributed by atoms with van der Waals surface area (Å²) < 4.78 is 24.1. The monoisotopic (exact) mass is 386 g/mol. The van der Waals surface area contributed by atoms with Crippen LogP contribution in [0.5, 0.6) is 0 Å². The van der Waals surface area contributed by atoms with Gasteiger partial charge in [-0.05, 0) is 23.3 Å². The van der Waals surface area contributed by atoms with E-state index in [-0.39, 0.29) is 5.56 Å². The molecule has 0 amide bonds. The van der Waals surface area contributed by atoms with Crippen molar-refractivity contribution in [2.24, 2.45) is 0 Å². The van der Waals surface area contributed by atoms with Crippen LogP contribution >= 0.6 is 11.6 Å². The molecule has 0 saturated carbocycles. The largest absolute Gasteiger partial charge is 0.466 e. The molecule has 0 radical (unpaired) electrons. The van der Waals surface area contributed by atoms with E-state index in [0.717, 1.165) is 0 Å². The summed E-state index contributed by atoms with van der Waals surface area (Å²) in [6.45, 7) is 0. The summed E-state index contributed by atoms with van der Waals surface area (Å²) in [6, 6.07) is 14.9. The van der Waals surface area contributed by atoms with Crippen LogP contribution in [-0.2, 0) is 19.1 Å². The van der Waals surface area contributed by atoms with E-state index in [1.807, 2.05) is 6.07 Å². The summed E-state index contributed by atoms with van der Waals surface area (Å²) in [5.74, 6) is -2.08.